The Morgan fingerprint density at radius 2 is 1.70 bits per heavy atom. The molecule has 2 nitrogen and oxygen atoms in total. The van der Waals surface area contributed by atoms with Crippen molar-refractivity contribution in [3.63, 3.8) is 0 Å². The first-order valence-electron chi connectivity index (χ1n) is 6.23. The van der Waals surface area contributed by atoms with E-state index < -0.39 is 29.8 Å². The molecule has 1 unspecified atom stereocenters. The molecule has 0 aromatic heterocycles. The van der Waals surface area contributed by atoms with Gasteiger partial charge in [0.05, 0.1) is 16.7 Å². The van der Waals surface area contributed by atoms with Crippen LogP contribution in [0.5, 0.6) is 0 Å². The first-order valence-corrected chi connectivity index (χ1v) is 6.23. The molecule has 1 aliphatic rings. The summed E-state index contributed by atoms with van der Waals surface area (Å²) in [6.45, 7) is 8.36. The number of halogens is 3. The minimum Gasteiger partial charge on any atom is -0.421 e. The van der Waals surface area contributed by atoms with Crippen molar-refractivity contribution in [2.24, 2.45) is 0 Å². The maximum Gasteiger partial charge on any atom is 0.416 e. The van der Waals surface area contributed by atoms with Crippen LogP contribution >= 0.6 is 0 Å². The van der Waals surface area contributed by atoms with Crippen LogP contribution in [0.3, 0.4) is 0 Å². The van der Waals surface area contributed by atoms with E-state index in [2.05, 4.69) is 6.58 Å². The van der Waals surface area contributed by atoms with E-state index >= 15 is 0 Å². The fourth-order valence-corrected chi connectivity index (χ4v) is 2.22. The second-order valence-corrected chi connectivity index (χ2v) is 5.76. The molecule has 0 bridgehead atoms. The quantitative estimate of drug-likeness (QED) is 0.844. The fraction of sp³-hybridized carbons (Fsp3) is 0.429. The van der Waals surface area contributed by atoms with Gasteiger partial charge in [-0.3, -0.25) is 0 Å². The molecule has 1 heterocycles. The summed E-state index contributed by atoms with van der Waals surface area (Å²) in [5.74, 6) is 0. The van der Waals surface area contributed by atoms with Crippen LogP contribution in [0, 0.1) is 0 Å². The molecule has 1 N–H and O–H groups in total. The topological polar surface area (TPSA) is 29.5 Å². The first-order chi connectivity index (χ1) is 8.97. The van der Waals surface area contributed by atoms with Crippen LogP contribution < -0.4 is 0 Å². The van der Waals surface area contributed by atoms with Gasteiger partial charge < -0.3 is 9.76 Å². The van der Waals surface area contributed by atoms with Crippen LogP contribution in [-0.2, 0) is 10.8 Å². The van der Waals surface area contributed by atoms with Crippen LogP contribution in [0.1, 0.15) is 31.9 Å². The van der Waals surface area contributed by atoms with Gasteiger partial charge in [0.2, 0.25) is 0 Å². The van der Waals surface area contributed by atoms with Crippen LogP contribution in [0.25, 0.3) is 5.47 Å². The van der Waals surface area contributed by atoms with Gasteiger partial charge in [-0.05, 0) is 43.9 Å². The molecule has 1 saturated heterocycles. The minimum atomic E-state index is -4.36. The SMILES string of the molecule is C=C(B1OC(C)(C)C1(C)O)c1ccc(C(F)(F)F)cc1. The second kappa shape index (κ2) is 4.36. The maximum atomic E-state index is 12.5. The first kappa shape index (κ1) is 15.1. The van der Waals surface area contributed by atoms with Crippen molar-refractivity contribution in [2.75, 3.05) is 0 Å². The molecule has 2 rings (SSSR count). The summed E-state index contributed by atoms with van der Waals surface area (Å²) in [5, 5.41) is 10.4. The molecule has 0 amide bonds. The lowest BCUT2D eigenvalue weighted by molar-refractivity contribution is -0.137. The molecule has 1 atom stereocenters. The Balaban J connectivity index is 2.20. The zero-order valence-electron chi connectivity index (χ0n) is 11.6. The van der Waals surface area contributed by atoms with Gasteiger partial charge in [0.15, 0.2) is 0 Å². The zero-order chi connectivity index (χ0) is 15.3. The molecule has 0 aliphatic carbocycles. The Morgan fingerprint density at radius 1 is 1.20 bits per heavy atom. The van der Waals surface area contributed by atoms with Crippen molar-refractivity contribution in [3.05, 3.63) is 42.0 Å². The van der Waals surface area contributed by atoms with Gasteiger partial charge in [0.1, 0.15) is 0 Å². The number of benzene rings is 1. The summed E-state index contributed by atoms with van der Waals surface area (Å²) in [6, 6.07) is 4.68. The van der Waals surface area contributed by atoms with E-state index in [0.717, 1.165) is 12.1 Å². The van der Waals surface area contributed by atoms with Gasteiger partial charge in [-0.2, -0.15) is 13.2 Å². The molecule has 6 heteroatoms. The smallest absolute Gasteiger partial charge is 0.416 e. The Labute approximate surface area is 116 Å². The van der Waals surface area contributed by atoms with E-state index in [-0.39, 0.29) is 0 Å². The van der Waals surface area contributed by atoms with Crippen LogP contribution in [-0.4, -0.2) is 23.1 Å². The summed E-state index contributed by atoms with van der Waals surface area (Å²) in [6.07, 6.45) is -4.36. The number of hydrogen-bond acceptors (Lipinski definition) is 2. The highest BCUT2D eigenvalue weighted by atomic mass is 19.4. The van der Waals surface area contributed by atoms with Gasteiger partial charge in [0.25, 0.3) is 0 Å². The van der Waals surface area contributed by atoms with E-state index in [1.807, 2.05) is 0 Å². The van der Waals surface area contributed by atoms with Crippen LogP contribution in [0.15, 0.2) is 30.8 Å². The normalized spacial score (nSPS) is 25.2. The second-order valence-electron chi connectivity index (χ2n) is 5.76. The number of hydrogen-bond donors (Lipinski definition) is 1. The van der Waals surface area contributed by atoms with Crippen molar-refractivity contribution >= 4 is 12.4 Å². The lowest BCUT2D eigenvalue weighted by Crippen LogP contribution is -2.73. The predicted octanol–water partition coefficient (Wildman–Crippen LogP) is 3.35. The molecule has 20 heavy (non-hydrogen) atoms. The standard InChI is InChI=1S/C14H16BF3O2/c1-9(15-13(4,19)12(2,3)20-15)10-5-7-11(8-6-10)14(16,17)18/h5-8,19H,1H2,2-4H3. The molecule has 1 aromatic carbocycles. The Bertz CT molecular complexity index is 532. The maximum absolute atomic E-state index is 12.5. The lowest BCUT2D eigenvalue weighted by atomic mass is 9.37. The largest absolute Gasteiger partial charge is 0.421 e. The van der Waals surface area contributed by atoms with Gasteiger partial charge in [-0.1, -0.05) is 12.1 Å². The van der Waals surface area contributed by atoms with Gasteiger partial charge in [-0.15, -0.1) is 6.58 Å². The van der Waals surface area contributed by atoms with Crippen molar-refractivity contribution < 1.29 is 22.9 Å². The summed E-state index contributed by atoms with van der Waals surface area (Å²) in [4.78, 5) is 0. The van der Waals surface area contributed by atoms with E-state index in [9.17, 15) is 18.3 Å². The highest BCUT2D eigenvalue weighted by Crippen LogP contribution is 2.44. The molecule has 1 fully saturated rings. The Morgan fingerprint density at radius 3 is 2.05 bits per heavy atom. The third kappa shape index (κ3) is 2.27. The number of rotatable bonds is 2. The molecule has 0 spiro atoms. The minimum absolute atomic E-state index is 0.475. The Kier molecular flexibility index (Phi) is 3.30. The molecule has 1 aliphatic heterocycles. The number of aliphatic hydroxyl groups is 1. The predicted molar refractivity (Wildman–Crippen MR) is 72.0 cm³/mol. The van der Waals surface area contributed by atoms with Crippen molar-refractivity contribution in [1.82, 2.24) is 0 Å². The fourth-order valence-electron chi connectivity index (χ4n) is 2.22. The Hall–Kier alpha value is -1.27. The van der Waals surface area contributed by atoms with Gasteiger partial charge in [0, 0.05) is 0 Å². The van der Waals surface area contributed by atoms with E-state index in [1.165, 1.54) is 12.1 Å². The van der Waals surface area contributed by atoms with Crippen LogP contribution in [0.2, 0.25) is 0 Å². The molecule has 108 valence electrons. The highest BCUT2D eigenvalue weighted by Gasteiger charge is 2.62. The van der Waals surface area contributed by atoms with E-state index in [4.69, 9.17) is 4.65 Å². The highest BCUT2D eigenvalue weighted by molar-refractivity contribution is 6.78. The van der Waals surface area contributed by atoms with Gasteiger partial charge >= 0.3 is 13.1 Å². The summed E-state index contributed by atoms with van der Waals surface area (Å²) in [7, 11) is 0. The zero-order valence-corrected chi connectivity index (χ0v) is 11.6. The average molecular weight is 284 g/mol. The lowest BCUT2D eigenvalue weighted by Gasteiger charge is -2.55. The monoisotopic (exact) mass is 284 g/mol. The third-order valence-corrected chi connectivity index (χ3v) is 4.04. The van der Waals surface area contributed by atoms with Gasteiger partial charge in [-0.25, -0.2) is 0 Å². The molecular weight excluding hydrogens is 268 g/mol. The summed E-state index contributed by atoms with van der Waals surface area (Å²) in [5.41, 5.74) is -1.52. The molecule has 0 saturated carbocycles. The summed E-state index contributed by atoms with van der Waals surface area (Å²) < 4.78 is 43.1. The third-order valence-electron chi connectivity index (χ3n) is 4.04. The van der Waals surface area contributed by atoms with Crippen molar-refractivity contribution in [3.8, 4) is 0 Å². The van der Waals surface area contributed by atoms with Crippen molar-refractivity contribution in [2.45, 2.75) is 38.0 Å². The van der Waals surface area contributed by atoms with Crippen LogP contribution in [0.4, 0.5) is 13.2 Å². The summed E-state index contributed by atoms with van der Waals surface area (Å²) >= 11 is 0. The van der Waals surface area contributed by atoms with E-state index in [1.54, 1.807) is 20.8 Å². The molecule has 1 aromatic rings. The van der Waals surface area contributed by atoms with Crippen molar-refractivity contribution in [1.29, 1.82) is 0 Å². The number of alkyl halides is 3. The average Bonchev–Trinajstić information content (AvgIpc) is 2.34. The molecule has 0 radical (unpaired) electrons. The molecular formula is C14H16BF3O2. The van der Waals surface area contributed by atoms with E-state index in [0.29, 0.717) is 11.0 Å².